The second-order valence-electron chi connectivity index (χ2n) is 11.5. The number of hydrogen-bond donors (Lipinski definition) is 6. The molecular formula is C27H40N6O6S. The molecular weight excluding hydrogens is 536 g/mol. The molecule has 220 valence electrons. The highest BCUT2D eigenvalue weighted by atomic mass is 32.1. The maximum Gasteiger partial charge on any atom is 0.411 e. The van der Waals surface area contributed by atoms with Gasteiger partial charge in [0.1, 0.15) is 0 Å². The van der Waals surface area contributed by atoms with Crippen LogP contribution < -0.4 is 21.7 Å². The first-order valence-corrected chi connectivity index (χ1v) is 13.6. The third-order valence-electron chi connectivity index (χ3n) is 6.16. The van der Waals surface area contributed by atoms with E-state index in [1.807, 2.05) is 12.1 Å². The molecule has 0 aliphatic heterocycles. The Morgan fingerprint density at radius 2 is 1.57 bits per heavy atom. The van der Waals surface area contributed by atoms with Crippen molar-refractivity contribution in [2.75, 3.05) is 10.6 Å². The molecule has 2 rings (SSSR count). The minimum Gasteiger partial charge on any atom is -0.465 e. The number of benzene rings is 1. The molecule has 0 saturated carbocycles. The third kappa shape index (κ3) is 8.31. The molecule has 0 aliphatic rings. The van der Waals surface area contributed by atoms with Crippen molar-refractivity contribution in [1.82, 2.24) is 15.2 Å². The van der Waals surface area contributed by atoms with Gasteiger partial charge in [0.25, 0.3) is 0 Å². The highest BCUT2D eigenvalue weighted by molar-refractivity contribution is 7.15. The van der Waals surface area contributed by atoms with Crippen molar-refractivity contribution in [2.45, 2.75) is 85.5 Å². The van der Waals surface area contributed by atoms with Gasteiger partial charge in [0.15, 0.2) is 5.13 Å². The van der Waals surface area contributed by atoms with Crippen molar-refractivity contribution < 1.29 is 29.4 Å². The lowest BCUT2D eigenvalue weighted by Crippen LogP contribution is -2.76. The molecule has 0 bridgehead atoms. The van der Waals surface area contributed by atoms with Gasteiger partial charge >= 0.3 is 12.2 Å². The SMILES string of the molecule is CC(=O)Nc1nc(CCc2ccc(NC(NC(=O)O)(N(C(=O)O)C(C)(C)C)C(C)(C)C)cc2)c(CCC(N)=O)s1. The Morgan fingerprint density at radius 3 is 2.02 bits per heavy atom. The molecule has 12 nitrogen and oxygen atoms in total. The van der Waals surface area contributed by atoms with Gasteiger partial charge in [0.2, 0.25) is 17.6 Å². The maximum absolute atomic E-state index is 12.5. The van der Waals surface area contributed by atoms with Gasteiger partial charge < -0.3 is 26.6 Å². The number of carboxylic acid groups (broad SMARTS) is 2. The van der Waals surface area contributed by atoms with Crippen molar-refractivity contribution in [3.63, 3.8) is 0 Å². The normalized spacial score (nSPS) is 13.2. The number of anilines is 2. The molecule has 0 radical (unpaired) electrons. The molecule has 1 unspecified atom stereocenters. The van der Waals surface area contributed by atoms with Crippen molar-refractivity contribution in [1.29, 1.82) is 0 Å². The maximum atomic E-state index is 12.5. The van der Waals surface area contributed by atoms with E-state index >= 15 is 0 Å². The lowest BCUT2D eigenvalue weighted by molar-refractivity contribution is -0.118. The summed E-state index contributed by atoms with van der Waals surface area (Å²) < 4.78 is 0. The summed E-state index contributed by atoms with van der Waals surface area (Å²) in [6, 6.07) is 7.26. The van der Waals surface area contributed by atoms with E-state index in [0.29, 0.717) is 30.1 Å². The van der Waals surface area contributed by atoms with Crippen molar-refractivity contribution in [3.05, 3.63) is 40.4 Å². The highest BCUT2D eigenvalue weighted by Crippen LogP contribution is 2.39. The second kappa shape index (κ2) is 12.5. The molecule has 1 aromatic heterocycles. The summed E-state index contributed by atoms with van der Waals surface area (Å²) in [4.78, 5) is 53.6. The minimum absolute atomic E-state index is 0.177. The zero-order chi connectivity index (χ0) is 30.5. The standard InChI is InChI=1S/C27H40N6O6S/c1-16(34)29-22-30-19(20(40-22)14-15-21(28)35)13-10-17-8-11-18(12-9-17)31-27(25(2,3)4,32-23(36)37)33(24(38)39)26(5,6)7/h8-9,11-12,31-32H,10,13-15H2,1-7H3,(H2,28,35)(H,36,37)(H,38,39)(H,29,30,34). The molecule has 2 aromatic rings. The van der Waals surface area contributed by atoms with Crippen LogP contribution in [-0.2, 0) is 28.9 Å². The van der Waals surface area contributed by atoms with Crippen LogP contribution >= 0.6 is 11.3 Å². The molecule has 0 aliphatic carbocycles. The first kappa shape index (κ1) is 32.3. The minimum atomic E-state index is -1.71. The van der Waals surface area contributed by atoms with Gasteiger partial charge in [0, 0.05) is 34.9 Å². The fourth-order valence-corrected chi connectivity index (χ4v) is 5.44. The summed E-state index contributed by atoms with van der Waals surface area (Å²) in [5.74, 6) is -2.36. The summed E-state index contributed by atoms with van der Waals surface area (Å²) in [6.07, 6.45) is -0.882. The first-order valence-electron chi connectivity index (χ1n) is 12.8. The van der Waals surface area contributed by atoms with E-state index in [0.717, 1.165) is 21.0 Å². The van der Waals surface area contributed by atoms with E-state index in [-0.39, 0.29) is 12.3 Å². The Morgan fingerprint density at radius 1 is 0.975 bits per heavy atom. The average molecular weight is 577 g/mol. The number of rotatable bonds is 11. The zero-order valence-corrected chi connectivity index (χ0v) is 24.9. The lowest BCUT2D eigenvalue weighted by atomic mass is 9.82. The van der Waals surface area contributed by atoms with Gasteiger partial charge in [-0.1, -0.05) is 32.9 Å². The van der Waals surface area contributed by atoms with E-state index < -0.39 is 34.8 Å². The molecule has 1 aromatic carbocycles. The molecule has 0 saturated heterocycles. The van der Waals surface area contributed by atoms with E-state index in [1.165, 1.54) is 18.3 Å². The lowest BCUT2D eigenvalue weighted by Gasteiger charge is -2.55. The summed E-state index contributed by atoms with van der Waals surface area (Å²) in [6.45, 7) is 11.8. The Balaban J connectivity index is 2.34. The number of aryl methyl sites for hydroxylation is 3. The van der Waals surface area contributed by atoms with Crippen LogP contribution in [0.4, 0.5) is 20.4 Å². The summed E-state index contributed by atoms with van der Waals surface area (Å²) in [5.41, 5.74) is 5.70. The van der Waals surface area contributed by atoms with E-state index in [1.54, 1.807) is 53.7 Å². The Hall–Kier alpha value is -3.87. The number of carbonyl (C=O) groups is 4. The quantitative estimate of drug-likeness (QED) is 0.211. The van der Waals surface area contributed by atoms with Crippen LogP contribution in [0.1, 0.15) is 71.0 Å². The van der Waals surface area contributed by atoms with Crippen molar-refractivity contribution in [3.8, 4) is 0 Å². The number of nitrogens with two attached hydrogens (primary N) is 1. The van der Waals surface area contributed by atoms with Gasteiger partial charge in [0.05, 0.1) is 5.69 Å². The molecule has 40 heavy (non-hydrogen) atoms. The van der Waals surface area contributed by atoms with Gasteiger partial charge in [-0.3, -0.25) is 19.8 Å². The number of amides is 4. The van der Waals surface area contributed by atoms with Crippen LogP contribution in [0.15, 0.2) is 24.3 Å². The number of primary amides is 1. The fraction of sp³-hybridized carbons (Fsp3) is 0.519. The number of nitrogens with zero attached hydrogens (tertiary/aromatic N) is 2. The van der Waals surface area contributed by atoms with Gasteiger partial charge in [-0.2, -0.15) is 0 Å². The van der Waals surface area contributed by atoms with Gasteiger partial charge in [-0.05, 0) is 57.7 Å². The van der Waals surface area contributed by atoms with Crippen LogP contribution in [0.25, 0.3) is 0 Å². The van der Waals surface area contributed by atoms with Crippen LogP contribution in [0, 0.1) is 5.41 Å². The van der Waals surface area contributed by atoms with E-state index in [9.17, 15) is 29.4 Å². The molecule has 0 fully saturated rings. The van der Waals surface area contributed by atoms with Crippen LogP contribution in [0.2, 0.25) is 0 Å². The Bertz CT molecular complexity index is 1230. The van der Waals surface area contributed by atoms with E-state index in [2.05, 4.69) is 20.9 Å². The highest BCUT2D eigenvalue weighted by Gasteiger charge is 2.54. The number of thiazole rings is 1. The topological polar surface area (TPSA) is 187 Å². The summed E-state index contributed by atoms with van der Waals surface area (Å²) in [7, 11) is 0. The predicted molar refractivity (Wildman–Crippen MR) is 154 cm³/mol. The number of hydrogen-bond acceptors (Lipinski definition) is 7. The van der Waals surface area contributed by atoms with Gasteiger partial charge in [-0.25, -0.2) is 14.6 Å². The van der Waals surface area contributed by atoms with Crippen LogP contribution in [0.5, 0.6) is 0 Å². The van der Waals surface area contributed by atoms with E-state index in [4.69, 9.17) is 5.73 Å². The average Bonchev–Trinajstić information content (AvgIpc) is 3.15. The Labute approximate surface area is 238 Å². The first-order chi connectivity index (χ1) is 18.4. The van der Waals surface area contributed by atoms with Crippen molar-refractivity contribution >= 4 is 46.2 Å². The third-order valence-corrected chi connectivity index (χ3v) is 7.23. The largest absolute Gasteiger partial charge is 0.465 e. The van der Waals surface area contributed by atoms with Crippen LogP contribution in [0.3, 0.4) is 0 Å². The monoisotopic (exact) mass is 576 g/mol. The molecule has 1 heterocycles. The summed E-state index contributed by atoms with van der Waals surface area (Å²) in [5, 5.41) is 28.7. The summed E-state index contributed by atoms with van der Waals surface area (Å²) >= 11 is 1.32. The molecule has 0 spiro atoms. The molecule has 7 N–H and O–H groups in total. The zero-order valence-electron chi connectivity index (χ0n) is 24.0. The predicted octanol–water partition coefficient (Wildman–Crippen LogP) is 4.46. The molecule has 4 amide bonds. The van der Waals surface area contributed by atoms with Crippen LogP contribution in [-0.4, -0.2) is 55.4 Å². The molecule has 1 atom stereocenters. The second-order valence-corrected chi connectivity index (χ2v) is 12.6. The number of carbonyl (C=O) groups excluding carboxylic acids is 2. The fourth-order valence-electron chi connectivity index (χ4n) is 4.38. The smallest absolute Gasteiger partial charge is 0.411 e. The molecule has 13 heteroatoms. The Kier molecular flexibility index (Phi) is 10.1. The van der Waals surface area contributed by atoms with Gasteiger partial charge in [-0.15, -0.1) is 11.3 Å². The number of nitrogens with one attached hydrogen (secondary N) is 3. The van der Waals surface area contributed by atoms with Crippen molar-refractivity contribution in [2.24, 2.45) is 11.1 Å². The number of aromatic nitrogens is 1.